The molecule has 6 nitrogen and oxygen atoms in total. The van der Waals surface area contributed by atoms with E-state index in [0.29, 0.717) is 13.1 Å². The van der Waals surface area contributed by atoms with Crippen LogP contribution in [0.1, 0.15) is 6.04 Å². The number of carboxylic acids is 1. The zero-order valence-electron chi connectivity index (χ0n) is 8.15. The fraction of sp³-hybridized carbons (Fsp3) is 0.556. The predicted molar refractivity (Wildman–Crippen MR) is 51.3 cm³/mol. The van der Waals surface area contributed by atoms with E-state index in [-0.39, 0.29) is 12.6 Å². The number of β-amino-alcohol motifs (C(OH)–C–C–N with tert-alkyl or cyclic N) is 1. The Morgan fingerprint density at radius 3 is 2.93 bits per heavy atom. The van der Waals surface area contributed by atoms with Gasteiger partial charge in [0.15, 0.2) is 0 Å². The Balaban J connectivity index is 2.01. The van der Waals surface area contributed by atoms with Crippen molar-refractivity contribution in [2.45, 2.75) is 12.1 Å². The number of aliphatic hydroxyl groups is 1. The highest BCUT2D eigenvalue weighted by Crippen LogP contribution is 2.21. The average molecular weight is 211 g/mol. The van der Waals surface area contributed by atoms with Crippen molar-refractivity contribution in [3.05, 3.63) is 18.7 Å². The van der Waals surface area contributed by atoms with E-state index in [1.54, 1.807) is 23.6 Å². The molecule has 1 aliphatic heterocycles. The number of likely N-dealkylation sites (tertiary alicyclic amines) is 1. The molecule has 2 atom stereocenters. The highest BCUT2D eigenvalue weighted by atomic mass is 16.4. The van der Waals surface area contributed by atoms with Gasteiger partial charge in [0.2, 0.25) is 0 Å². The predicted octanol–water partition coefficient (Wildman–Crippen LogP) is -0.815. The summed E-state index contributed by atoms with van der Waals surface area (Å²) in [4.78, 5) is 16.1. The first kappa shape index (κ1) is 10.1. The smallest absolute Gasteiger partial charge is 0.317 e. The summed E-state index contributed by atoms with van der Waals surface area (Å²) in [5.41, 5.74) is 0. The van der Waals surface area contributed by atoms with Gasteiger partial charge >= 0.3 is 5.97 Å². The Morgan fingerprint density at radius 2 is 2.33 bits per heavy atom. The molecule has 15 heavy (non-hydrogen) atoms. The molecule has 6 heteroatoms. The van der Waals surface area contributed by atoms with E-state index < -0.39 is 12.1 Å². The molecule has 1 saturated heterocycles. The van der Waals surface area contributed by atoms with Crippen molar-refractivity contribution in [2.24, 2.45) is 0 Å². The zero-order chi connectivity index (χ0) is 10.8. The largest absolute Gasteiger partial charge is 0.480 e. The van der Waals surface area contributed by atoms with Gasteiger partial charge in [-0.15, -0.1) is 0 Å². The minimum absolute atomic E-state index is 0.0255. The van der Waals surface area contributed by atoms with Gasteiger partial charge in [0.05, 0.1) is 25.0 Å². The van der Waals surface area contributed by atoms with E-state index >= 15 is 0 Å². The van der Waals surface area contributed by atoms with E-state index in [4.69, 9.17) is 5.11 Å². The van der Waals surface area contributed by atoms with Gasteiger partial charge in [-0.05, 0) is 0 Å². The minimum atomic E-state index is -0.867. The molecule has 0 amide bonds. The third-order valence-electron chi connectivity index (χ3n) is 2.60. The molecule has 2 N–H and O–H groups in total. The Labute approximate surface area is 86.8 Å². The van der Waals surface area contributed by atoms with Gasteiger partial charge < -0.3 is 14.8 Å². The van der Waals surface area contributed by atoms with Gasteiger partial charge in [0.25, 0.3) is 0 Å². The Bertz CT molecular complexity index is 338. The summed E-state index contributed by atoms with van der Waals surface area (Å²) in [6.07, 6.45) is 4.53. The summed E-state index contributed by atoms with van der Waals surface area (Å²) < 4.78 is 1.81. The molecule has 2 rings (SSSR count). The number of carbonyl (C=O) groups is 1. The summed E-state index contributed by atoms with van der Waals surface area (Å²) in [5, 5.41) is 18.4. The second-order valence-corrected chi connectivity index (χ2v) is 3.73. The molecule has 0 bridgehead atoms. The first-order valence-corrected chi connectivity index (χ1v) is 4.76. The number of hydrogen-bond donors (Lipinski definition) is 2. The van der Waals surface area contributed by atoms with Crippen LogP contribution in [0, 0.1) is 0 Å². The fourth-order valence-electron chi connectivity index (χ4n) is 1.93. The summed E-state index contributed by atoms with van der Waals surface area (Å²) in [7, 11) is 0. The molecule has 0 aromatic carbocycles. The maximum absolute atomic E-state index is 10.5. The molecule has 0 saturated carbocycles. The molecule has 1 aromatic rings. The van der Waals surface area contributed by atoms with Crippen LogP contribution in [0.15, 0.2) is 18.7 Å². The van der Waals surface area contributed by atoms with E-state index in [1.807, 2.05) is 4.57 Å². The normalized spacial score (nSPS) is 27.0. The van der Waals surface area contributed by atoms with Gasteiger partial charge in [0, 0.05) is 25.5 Å². The Kier molecular flexibility index (Phi) is 2.70. The maximum Gasteiger partial charge on any atom is 0.317 e. The minimum Gasteiger partial charge on any atom is -0.480 e. The molecule has 2 unspecified atom stereocenters. The van der Waals surface area contributed by atoms with Crippen molar-refractivity contribution in [1.29, 1.82) is 0 Å². The van der Waals surface area contributed by atoms with E-state index in [1.165, 1.54) is 0 Å². The van der Waals surface area contributed by atoms with Gasteiger partial charge in [-0.25, -0.2) is 4.98 Å². The van der Waals surface area contributed by atoms with Crippen LogP contribution in [0.3, 0.4) is 0 Å². The van der Waals surface area contributed by atoms with E-state index in [2.05, 4.69) is 4.98 Å². The van der Waals surface area contributed by atoms with Crippen LogP contribution in [-0.2, 0) is 4.79 Å². The first-order valence-electron chi connectivity index (χ1n) is 4.76. The highest BCUT2D eigenvalue weighted by molar-refractivity contribution is 5.69. The number of hydrogen-bond acceptors (Lipinski definition) is 4. The molecule has 0 radical (unpaired) electrons. The van der Waals surface area contributed by atoms with Crippen molar-refractivity contribution < 1.29 is 15.0 Å². The van der Waals surface area contributed by atoms with Gasteiger partial charge in [0.1, 0.15) is 0 Å². The van der Waals surface area contributed by atoms with Crippen molar-refractivity contribution >= 4 is 5.97 Å². The van der Waals surface area contributed by atoms with Gasteiger partial charge in [-0.3, -0.25) is 9.69 Å². The van der Waals surface area contributed by atoms with Crippen molar-refractivity contribution in [3.63, 3.8) is 0 Å². The zero-order valence-corrected chi connectivity index (χ0v) is 8.15. The monoisotopic (exact) mass is 211 g/mol. The number of carboxylic acid groups (broad SMARTS) is 1. The summed E-state index contributed by atoms with van der Waals surface area (Å²) in [5.74, 6) is -0.867. The lowest BCUT2D eigenvalue weighted by molar-refractivity contribution is -0.138. The van der Waals surface area contributed by atoms with Crippen molar-refractivity contribution in [1.82, 2.24) is 14.5 Å². The molecule has 0 aliphatic carbocycles. The fourth-order valence-corrected chi connectivity index (χ4v) is 1.93. The number of aliphatic hydroxyl groups excluding tert-OH is 1. The first-order chi connectivity index (χ1) is 7.16. The molecule has 2 heterocycles. The third kappa shape index (κ3) is 2.16. The molecule has 82 valence electrons. The molecular weight excluding hydrogens is 198 g/mol. The lowest BCUT2D eigenvalue weighted by Crippen LogP contribution is -2.28. The number of nitrogens with zero attached hydrogens (tertiary/aromatic N) is 3. The van der Waals surface area contributed by atoms with Crippen molar-refractivity contribution in [2.75, 3.05) is 19.6 Å². The van der Waals surface area contributed by atoms with Crippen LogP contribution in [0.4, 0.5) is 0 Å². The van der Waals surface area contributed by atoms with Crippen molar-refractivity contribution in [3.8, 4) is 0 Å². The standard InChI is InChI=1S/C9H13N3O3/c13-8-4-11(5-9(14)15)3-7(8)12-2-1-10-6-12/h1-2,6-8,13H,3-5H2,(H,14,15). The lowest BCUT2D eigenvalue weighted by Gasteiger charge is -2.14. The number of aliphatic carboxylic acids is 1. The quantitative estimate of drug-likeness (QED) is 0.683. The molecular formula is C9H13N3O3. The summed E-state index contributed by atoms with van der Waals surface area (Å²) in [6, 6.07) is -0.0909. The molecule has 1 aliphatic rings. The third-order valence-corrected chi connectivity index (χ3v) is 2.60. The van der Waals surface area contributed by atoms with Crippen LogP contribution in [0.25, 0.3) is 0 Å². The SMILES string of the molecule is O=C(O)CN1CC(O)C(n2ccnc2)C1. The van der Waals surface area contributed by atoms with Crippen LogP contribution < -0.4 is 0 Å². The highest BCUT2D eigenvalue weighted by Gasteiger charge is 2.32. The van der Waals surface area contributed by atoms with E-state index in [9.17, 15) is 9.90 Å². The second kappa shape index (κ2) is 4.00. The summed E-state index contributed by atoms with van der Waals surface area (Å²) >= 11 is 0. The van der Waals surface area contributed by atoms with Crippen LogP contribution in [0.5, 0.6) is 0 Å². The summed E-state index contributed by atoms with van der Waals surface area (Å²) in [6.45, 7) is 0.918. The number of rotatable bonds is 3. The Morgan fingerprint density at radius 1 is 1.53 bits per heavy atom. The molecule has 1 aromatic heterocycles. The van der Waals surface area contributed by atoms with Crippen LogP contribution >= 0.6 is 0 Å². The second-order valence-electron chi connectivity index (χ2n) is 3.73. The molecule has 1 fully saturated rings. The maximum atomic E-state index is 10.5. The lowest BCUT2D eigenvalue weighted by atomic mass is 10.2. The van der Waals surface area contributed by atoms with E-state index in [0.717, 1.165) is 0 Å². The van der Waals surface area contributed by atoms with Gasteiger partial charge in [-0.2, -0.15) is 0 Å². The number of aromatic nitrogens is 2. The number of imidazole rings is 1. The average Bonchev–Trinajstić information content (AvgIpc) is 2.72. The van der Waals surface area contributed by atoms with Gasteiger partial charge in [-0.1, -0.05) is 0 Å². The topological polar surface area (TPSA) is 78.6 Å². The Hall–Kier alpha value is -1.40. The van der Waals surface area contributed by atoms with Crippen LogP contribution in [-0.4, -0.2) is 56.4 Å². The van der Waals surface area contributed by atoms with Crippen LogP contribution in [0.2, 0.25) is 0 Å². The molecule has 0 spiro atoms.